The molecule has 1 spiro atoms. The van der Waals surface area contributed by atoms with Crippen LogP contribution in [-0.4, -0.2) is 0 Å². The summed E-state index contributed by atoms with van der Waals surface area (Å²) in [5.41, 5.74) is 9.00. The molecule has 6 aromatic rings. The van der Waals surface area contributed by atoms with E-state index in [-0.39, 0.29) is 0 Å². The molecule has 170 valence electrons. The first-order chi connectivity index (χ1) is 17.7. The zero-order valence-electron chi connectivity index (χ0n) is 19.2. The zero-order valence-corrected chi connectivity index (χ0v) is 21.6. The van der Waals surface area contributed by atoms with Crippen LogP contribution in [0.2, 0.25) is 0 Å². The van der Waals surface area contributed by atoms with Gasteiger partial charge >= 0.3 is 0 Å². The van der Waals surface area contributed by atoms with E-state index in [0.29, 0.717) is 0 Å². The first-order valence-corrected chi connectivity index (χ1v) is 13.7. The van der Waals surface area contributed by atoms with Gasteiger partial charge in [0.15, 0.2) is 0 Å². The van der Waals surface area contributed by atoms with E-state index in [4.69, 9.17) is 4.42 Å². The van der Waals surface area contributed by atoms with Crippen LogP contribution in [0, 0.1) is 0 Å². The fraction of sp³-hybridized carbons (Fsp3) is 0.0303. The normalized spacial score (nSPS) is 17.5. The van der Waals surface area contributed by atoms with Crippen LogP contribution in [0.4, 0.5) is 0 Å². The van der Waals surface area contributed by atoms with Crippen molar-refractivity contribution < 1.29 is 4.42 Å². The second-order valence-corrected chi connectivity index (χ2v) is 11.4. The van der Waals surface area contributed by atoms with Crippen LogP contribution in [0.5, 0.6) is 0 Å². The molecule has 0 N–H and O–H groups in total. The third-order valence-electron chi connectivity index (χ3n) is 7.62. The fourth-order valence-electron chi connectivity index (χ4n) is 6.15. The molecule has 0 saturated heterocycles. The lowest BCUT2D eigenvalue weighted by Crippen LogP contribution is -2.35. The van der Waals surface area contributed by atoms with E-state index >= 15 is 0 Å². The molecule has 0 radical (unpaired) electrons. The molecule has 3 heteroatoms. The summed E-state index contributed by atoms with van der Waals surface area (Å²) in [5, 5.41) is 2.33. The minimum absolute atomic E-state index is 0.483. The van der Waals surface area contributed by atoms with Crippen LogP contribution in [0.3, 0.4) is 0 Å². The lowest BCUT2D eigenvalue weighted by Gasteiger charge is -2.42. The molecule has 1 nitrogen and oxygen atoms in total. The molecule has 2 aliphatic rings. The van der Waals surface area contributed by atoms with E-state index in [1.807, 2.05) is 17.8 Å². The topological polar surface area (TPSA) is 13.1 Å². The van der Waals surface area contributed by atoms with Crippen LogP contribution >= 0.6 is 27.7 Å². The first kappa shape index (κ1) is 20.6. The standard InChI is InChI=1S/C33H19BrOS/c34-22-16-15-21-14-13-20-7-1-3-9-25(20)33(27(21)17-22)26-10-4-6-12-31(26)36-32-18-24-23-8-2-5-11-29(23)35-30(24)19-28(32)33/h1-19H. The van der Waals surface area contributed by atoms with E-state index in [1.165, 1.54) is 48.6 Å². The predicted molar refractivity (Wildman–Crippen MR) is 153 cm³/mol. The number of benzene rings is 5. The van der Waals surface area contributed by atoms with Crippen molar-refractivity contribution in [2.75, 3.05) is 0 Å². The highest BCUT2D eigenvalue weighted by Gasteiger charge is 2.47. The van der Waals surface area contributed by atoms with Crippen molar-refractivity contribution in [1.29, 1.82) is 0 Å². The Bertz CT molecular complexity index is 1900. The molecule has 1 unspecified atom stereocenters. The van der Waals surface area contributed by atoms with Crippen molar-refractivity contribution >= 4 is 61.8 Å². The molecule has 5 aromatic carbocycles. The van der Waals surface area contributed by atoms with Crippen LogP contribution in [0.25, 0.3) is 34.1 Å². The second-order valence-electron chi connectivity index (χ2n) is 9.44. The van der Waals surface area contributed by atoms with Crippen molar-refractivity contribution in [3.63, 3.8) is 0 Å². The fourth-order valence-corrected chi connectivity index (χ4v) is 7.72. The van der Waals surface area contributed by atoms with Gasteiger partial charge in [-0.15, -0.1) is 0 Å². The smallest absolute Gasteiger partial charge is 0.135 e. The summed E-state index contributed by atoms with van der Waals surface area (Å²) >= 11 is 5.66. The Morgan fingerprint density at radius 2 is 1.31 bits per heavy atom. The highest BCUT2D eigenvalue weighted by Crippen LogP contribution is 2.59. The maximum Gasteiger partial charge on any atom is 0.135 e. The molecule has 0 saturated carbocycles. The summed E-state index contributed by atoms with van der Waals surface area (Å²) < 4.78 is 7.52. The van der Waals surface area contributed by atoms with Gasteiger partial charge in [0.1, 0.15) is 11.2 Å². The van der Waals surface area contributed by atoms with Crippen molar-refractivity contribution in [2.45, 2.75) is 15.2 Å². The van der Waals surface area contributed by atoms with Crippen molar-refractivity contribution in [3.8, 4) is 0 Å². The Labute approximate surface area is 221 Å². The summed E-state index contributed by atoms with van der Waals surface area (Å²) in [4.78, 5) is 2.56. The van der Waals surface area contributed by atoms with E-state index in [1.54, 1.807) is 0 Å². The van der Waals surface area contributed by atoms with Crippen molar-refractivity contribution in [3.05, 3.63) is 141 Å². The van der Waals surface area contributed by atoms with Gasteiger partial charge in [-0.2, -0.15) is 0 Å². The van der Waals surface area contributed by atoms with Crippen LogP contribution in [0.15, 0.2) is 122 Å². The van der Waals surface area contributed by atoms with Crippen LogP contribution in [0.1, 0.15) is 33.4 Å². The number of rotatable bonds is 0. The summed E-state index contributed by atoms with van der Waals surface area (Å²) in [7, 11) is 0. The van der Waals surface area contributed by atoms with Gasteiger partial charge < -0.3 is 4.42 Å². The maximum atomic E-state index is 6.44. The predicted octanol–water partition coefficient (Wildman–Crippen LogP) is 9.68. The van der Waals surface area contributed by atoms with Crippen LogP contribution in [-0.2, 0) is 5.41 Å². The number of fused-ring (bicyclic) bond motifs is 11. The van der Waals surface area contributed by atoms with Gasteiger partial charge in [-0.25, -0.2) is 0 Å². The third kappa shape index (κ3) is 2.67. The molecule has 2 heterocycles. The minimum Gasteiger partial charge on any atom is -0.456 e. The highest BCUT2D eigenvalue weighted by molar-refractivity contribution is 9.10. The highest BCUT2D eigenvalue weighted by atomic mass is 79.9. The zero-order chi connectivity index (χ0) is 23.9. The lowest BCUT2D eigenvalue weighted by atomic mass is 9.63. The number of furan rings is 1. The average Bonchev–Trinajstić information content (AvgIpc) is 3.21. The largest absolute Gasteiger partial charge is 0.456 e. The van der Waals surface area contributed by atoms with Gasteiger partial charge in [-0.05, 0) is 69.8 Å². The van der Waals surface area contributed by atoms with Gasteiger partial charge in [-0.1, -0.05) is 107 Å². The third-order valence-corrected chi connectivity index (χ3v) is 9.25. The molecule has 1 atom stereocenters. The molecular weight excluding hydrogens is 524 g/mol. The molecule has 1 aliphatic heterocycles. The number of halogens is 1. The second kappa shape index (κ2) is 7.49. The monoisotopic (exact) mass is 542 g/mol. The number of hydrogen-bond donors (Lipinski definition) is 0. The Hall–Kier alpha value is -3.53. The Morgan fingerprint density at radius 1 is 0.556 bits per heavy atom. The Kier molecular flexibility index (Phi) is 4.29. The van der Waals surface area contributed by atoms with E-state index in [2.05, 4.69) is 125 Å². The number of hydrogen-bond acceptors (Lipinski definition) is 2. The van der Waals surface area contributed by atoms with Crippen molar-refractivity contribution in [1.82, 2.24) is 0 Å². The maximum absolute atomic E-state index is 6.44. The molecule has 8 rings (SSSR count). The molecule has 0 bridgehead atoms. The minimum atomic E-state index is -0.483. The van der Waals surface area contributed by atoms with Gasteiger partial charge in [0.05, 0.1) is 5.41 Å². The Balaban J connectivity index is 1.61. The average molecular weight is 543 g/mol. The molecule has 1 aliphatic carbocycles. The Morgan fingerprint density at radius 3 is 2.22 bits per heavy atom. The lowest BCUT2D eigenvalue weighted by molar-refractivity contribution is 0.659. The summed E-state index contributed by atoms with van der Waals surface area (Å²) in [6.07, 6.45) is 4.53. The summed E-state index contributed by atoms with van der Waals surface area (Å²) in [6, 6.07) is 37.4. The van der Waals surface area contributed by atoms with Gasteiger partial charge in [0, 0.05) is 25.0 Å². The molecular formula is C33H19BrOS. The van der Waals surface area contributed by atoms with Gasteiger partial charge in [-0.3, -0.25) is 0 Å². The van der Waals surface area contributed by atoms with Gasteiger partial charge in [0.25, 0.3) is 0 Å². The number of para-hydroxylation sites is 1. The molecule has 0 amide bonds. The molecule has 0 fully saturated rings. The quantitative estimate of drug-likeness (QED) is 0.189. The SMILES string of the molecule is Brc1ccc2c(c1)C1(c3ccccc3C=C2)c2ccccc2Sc2cc3c(cc21)oc1ccccc13. The van der Waals surface area contributed by atoms with Gasteiger partial charge in [0.2, 0.25) is 0 Å². The summed E-state index contributed by atoms with van der Waals surface area (Å²) in [6.45, 7) is 0. The van der Waals surface area contributed by atoms with Crippen molar-refractivity contribution in [2.24, 2.45) is 0 Å². The van der Waals surface area contributed by atoms with E-state index in [0.717, 1.165) is 21.0 Å². The van der Waals surface area contributed by atoms with E-state index in [9.17, 15) is 0 Å². The van der Waals surface area contributed by atoms with E-state index < -0.39 is 5.41 Å². The first-order valence-electron chi connectivity index (χ1n) is 12.0. The molecule has 1 aromatic heterocycles. The summed E-state index contributed by atoms with van der Waals surface area (Å²) in [5.74, 6) is 0. The van der Waals surface area contributed by atoms with Crippen LogP contribution < -0.4 is 0 Å². The molecule has 36 heavy (non-hydrogen) atoms.